The van der Waals surface area contributed by atoms with Crippen LogP contribution in [0.25, 0.3) is 0 Å². The fourth-order valence-corrected chi connectivity index (χ4v) is 5.92. The minimum atomic E-state index is -0.139. The Morgan fingerprint density at radius 3 is 2.71 bits per heavy atom. The maximum atomic E-state index is 11.3. The summed E-state index contributed by atoms with van der Waals surface area (Å²) in [5, 5.41) is 2.04. The van der Waals surface area contributed by atoms with Gasteiger partial charge in [-0.2, -0.15) is 0 Å². The van der Waals surface area contributed by atoms with Crippen LogP contribution in [0.15, 0.2) is 41.8 Å². The molecule has 1 aromatic heterocycles. The van der Waals surface area contributed by atoms with E-state index >= 15 is 0 Å². The van der Waals surface area contributed by atoms with E-state index in [-0.39, 0.29) is 5.97 Å². The first kappa shape index (κ1) is 16.1. The SMILES string of the molecule is COC(=O)CCCC([Se]c1ccccc1)c1sccc1N. The van der Waals surface area contributed by atoms with Crippen molar-refractivity contribution in [2.75, 3.05) is 12.8 Å². The predicted molar refractivity (Wildman–Crippen MR) is 89.2 cm³/mol. The van der Waals surface area contributed by atoms with E-state index in [2.05, 4.69) is 24.3 Å². The second-order valence-electron chi connectivity index (χ2n) is 4.63. The molecular weight excluding hydrogens is 349 g/mol. The molecule has 2 rings (SSSR count). The number of anilines is 1. The quantitative estimate of drug-likeness (QED) is 0.604. The Kier molecular flexibility index (Phi) is 6.30. The molecule has 2 aromatic rings. The van der Waals surface area contributed by atoms with Crippen molar-refractivity contribution >= 4 is 42.4 Å². The van der Waals surface area contributed by atoms with Crippen LogP contribution in [0, 0.1) is 0 Å². The Hall–Kier alpha value is -1.29. The van der Waals surface area contributed by atoms with Crippen molar-refractivity contribution in [1.82, 2.24) is 0 Å². The van der Waals surface area contributed by atoms with Gasteiger partial charge in [0.25, 0.3) is 0 Å². The van der Waals surface area contributed by atoms with E-state index in [0.717, 1.165) is 18.5 Å². The molecule has 0 spiro atoms. The molecule has 1 atom stereocenters. The van der Waals surface area contributed by atoms with E-state index in [1.165, 1.54) is 16.4 Å². The summed E-state index contributed by atoms with van der Waals surface area (Å²) in [6.45, 7) is 0. The van der Waals surface area contributed by atoms with Crippen LogP contribution >= 0.6 is 11.3 Å². The van der Waals surface area contributed by atoms with Gasteiger partial charge in [-0.25, -0.2) is 0 Å². The number of carbonyl (C=O) groups excluding carboxylic acids is 1. The normalized spacial score (nSPS) is 12.0. The molecule has 1 unspecified atom stereocenters. The molecule has 3 nitrogen and oxygen atoms in total. The van der Waals surface area contributed by atoms with Crippen LogP contribution in [0.4, 0.5) is 5.69 Å². The molecule has 0 fully saturated rings. The standard InChI is InChI=1S/C16H19NO2SSe/c1-19-15(18)9-5-8-14(16-13(17)10-11-20-16)21-12-6-3-2-4-7-12/h2-4,6-7,10-11,14H,5,8-9,17H2,1H3. The Balaban J connectivity index is 2.04. The molecule has 0 aliphatic carbocycles. The van der Waals surface area contributed by atoms with Crippen molar-refractivity contribution in [3.8, 4) is 0 Å². The number of esters is 1. The summed E-state index contributed by atoms with van der Waals surface area (Å²) >= 11 is 2.03. The predicted octanol–water partition coefficient (Wildman–Crippen LogP) is 2.74. The first-order valence-electron chi connectivity index (χ1n) is 6.82. The zero-order valence-corrected chi connectivity index (χ0v) is 14.5. The van der Waals surface area contributed by atoms with Crippen molar-refractivity contribution in [2.24, 2.45) is 0 Å². The molecule has 5 heteroatoms. The average molecular weight is 368 g/mol. The van der Waals surface area contributed by atoms with Crippen LogP contribution in [0.5, 0.6) is 0 Å². The van der Waals surface area contributed by atoms with Gasteiger partial charge in [0.1, 0.15) is 0 Å². The van der Waals surface area contributed by atoms with Crippen LogP contribution in [-0.2, 0) is 9.53 Å². The molecule has 0 bridgehead atoms. The molecular formula is C16H19NO2SSe. The number of ether oxygens (including phenoxy) is 1. The van der Waals surface area contributed by atoms with E-state index in [1.807, 2.05) is 17.5 Å². The molecule has 0 saturated carbocycles. The second kappa shape index (κ2) is 8.23. The summed E-state index contributed by atoms with van der Waals surface area (Å²) < 4.78 is 6.07. The fraction of sp³-hybridized carbons (Fsp3) is 0.312. The molecule has 1 heterocycles. The summed E-state index contributed by atoms with van der Waals surface area (Å²) in [4.78, 5) is 12.9. The summed E-state index contributed by atoms with van der Waals surface area (Å²) in [5.41, 5.74) is 6.96. The van der Waals surface area contributed by atoms with Gasteiger partial charge in [0.2, 0.25) is 0 Å². The number of carbonyl (C=O) groups is 1. The molecule has 0 radical (unpaired) electrons. The second-order valence-corrected chi connectivity index (χ2v) is 8.25. The molecule has 112 valence electrons. The van der Waals surface area contributed by atoms with Gasteiger partial charge in [-0.1, -0.05) is 0 Å². The van der Waals surface area contributed by atoms with Crippen molar-refractivity contribution in [1.29, 1.82) is 0 Å². The van der Waals surface area contributed by atoms with Gasteiger partial charge in [-0.05, 0) is 0 Å². The number of benzene rings is 1. The topological polar surface area (TPSA) is 52.3 Å². The van der Waals surface area contributed by atoms with Crippen molar-refractivity contribution in [2.45, 2.75) is 24.1 Å². The Morgan fingerprint density at radius 2 is 2.10 bits per heavy atom. The van der Waals surface area contributed by atoms with E-state index in [1.54, 1.807) is 11.3 Å². The molecule has 21 heavy (non-hydrogen) atoms. The van der Waals surface area contributed by atoms with Crippen LogP contribution < -0.4 is 10.2 Å². The number of rotatable bonds is 7. The number of methoxy groups -OCH3 is 1. The van der Waals surface area contributed by atoms with Gasteiger partial charge in [-0.3, -0.25) is 0 Å². The third kappa shape index (κ3) is 4.88. The number of nitrogen functional groups attached to an aromatic ring is 1. The number of nitrogens with two attached hydrogens (primary N) is 1. The van der Waals surface area contributed by atoms with Crippen LogP contribution in [0.3, 0.4) is 0 Å². The van der Waals surface area contributed by atoms with Gasteiger partial charge >= 0.3 is 136 Å². The van der Waals surface area contributed by atoms with E-state index in [9.17, 15) is 4.79 Å². The number of hydrogen-bond acceptors (Lipinski definition) is 4. The van der Waals surface area contributed by atoms with Gasteiger partial charge in [0, 0.05) is 0 Å². The maximum absolute atomic E-state index is 11.3. The molecule has 1 aromatic carbocycles. The van der Waals surface area contributed by atoms with E-state index < -0.39 is 0 Å². The van der Waals surface area contributed by atoms with Crippen LogP contribution in [0.2, 0.25) is 0 Å². The van der Waals surface area contributed by atoms with Crippen molar-refractivity contribution in [3.05, 3.63) is 46.7 Å². The summed E-state index contributed by atoms with van der Waals surface area (Å²) in [6.07, 6.45) is 2.28. The summed E-state index contributed by atoms with van der Waals surface area (Å²) in [5.74, 6) is -0.139. The van der Waals surface area contributed by atoms with Gasteiger partial charge in [0.15, 0.2) is 0 Å². The van der Waals surface area contributed by atoms with Gasteiger partial charge < -0.3 is 0 Å². The Morgan fingerprint density at radius 1 is 1.33 bits per heavy atom. The fourth-order valence-electron chi connectivity index (χ4n) is 2.03. The zero-order chi connectivity index (χ0) is 15.1. The molecule has 0 amide bonds. The van der Waals surface area contributed by atoms with Crippen molar-refractivity contribution in [3.63, 3.8) is 0 Å². The molecule has 0 aliphatic rings. The monoisotopic (exact) mass is 369 g/mol. The Bertz CT molecular complexity index is 571. The van der Waals surface area contributed by atoms with Crippen LogP contribution in [-0.4, -0.2) is 28.0 Å². The summed E-state index contributed by atoms with van der Waals surface area (Å²) in [7, 11) is 1.44. The number of hydrogen-bond donors (Lipinski definition) is 1. The van der Waals surface area contributed by atoms with Crippen LogP contribution in [0.1, 0.15) is 29.0 Å². The molecule has 0 saturated heterocycles. The first-order valence-corrected chi connectivity index (χ1v) is 9.54. The van der Waals surface area contributed by atoms with E-state index in [4.69, 9.17) is 10.5 Å². The van der Waals surface area contributed by atoms with Crippen molar-refractivity contribution < 1.29 is 9.53 Å². The zero-order valence-electron chi connectivity index (χ0n) is 12.0. The number of thiophene rings is 1. The van der Waals surface area contributed by atoms with E-state index in [0.29, 0.717) is 26.2 Å². The third-order valence-corrected chi connectivity index (χ3v) is 7.23. The Labute approximate surface area is 135 Å². The first-order chi connectivity index (χ1) is 10.2. The molecule has 0 aliphatic heterocycles. The molecule has 2 N–H and O–H groups in total. The van der Waals surface area contributed by atoms with Gasteiger partial charge in [-0.15, -0.1) is 0 Å². The average Bonchev–Trinajstić information content (AvgIpc) is 2.93. The third-order valence-electron chi connectivity index (χ3n) is 3.12. The summed E-state index contributed by atoms with van der Waals surface area (Å²) in [6, 6.07) is 12.5. The minimum absolute atomic E-state index is 0.139. The van der Waals surface area contributed by atoms with Gasteiger partial charge in [0.05, 0.1) is 0 Å².